The summed E-state index contributed by atoms with van der Waals surface area (Å²) in [6.07, 6.45) is 0. The molecule has 9 heteroatoms. The Kier molecular flexibility index (Phi) is 5.75. The van der Waals surface area contributed by atoms with Gasteiger partial charge in [-0.05, 0) is 31.2 Å². The molecule has 0 amide bonds. The Morgan fingerprint density at radius 3 is 2.05 bits per heavy atom. The standard InChI is InChI=1S/C10H15ClN2O4S2/c1-2-18(14,15)12-7-8-13-19(16,17)10-5-3-9(11)4-6-10/h3-6,12-13H,2,7-8H2,1H3. The molecule has 0 heterocycles. The molecule has 0 radical (unpaired) electrons. The normalized spacial score (nSPS) is 12.5. The van der Waals surface area contributed by atoms with E-state index < -0.39 is 20.0 Å². The molecule has 6 nitrogen and oxygen atoms in total. The van der Waals surface area contributed by atoms with Gasteiger partial charge in [-0.2, -0.15) is 0 Å². The van der Waals surface area contributed by atoms with Crippen LogP contribution >= 0.6 is 11.6 Å². The Hall–Kier alpha value is -0.670. The van der Waals surface area contributed by atoms with Crippen molar-refractivity contribution in [2.45, 2.75) is 11.8 Å². The van der Waals surface area contributed by atoms with Gasteiger partial charge in [-0.3, -0.25) is 0 Å². The Balaban J connectivity index is 2.55. The molecule has 2 N–H and O–H groups in total. The summed E-state index contributed by atoms with van der Waals surface area (Å²) < 4.78 is 50.4. The van der Waals surface area contributed by atoms with E-state index >= 15 is 0 Å². The fraction of sp³-hybridized carbons (Fsp3) is 0.400. The number of hydrogen-bond donors (Lipinski definition) is 2. The number of rotatable bonds is 7. The summed E-state index contributed by atoms with van der Waals surface area (Å²) in [6, 6.07) is 5.69. The van der Waals surface area contributed by atoms with Crippen molar-refractivity contribution >= 4 is 31.6 Å². The van der Waals surface area contributed by atoms with E-state index in [9.17, 15) is 16.8 Å². The van der Waals surface area contributed by atoms with E-state index in [2.05, 4.69) is 9.44 Å². The van der Waals surface area contributed by atoms with Crippen LogP contribution in [-0.2, 0) is 20.0 Å². The second-order valence-electron chi connectivity index (χ2n) is 3.65. The lowest BCUT2D eigenvalue weighted by Gasteiger charge is -2.07. The minimum Gasteiger partial charge on any atom is -0.214 e. The average Bonchev–Trinajstić information content (AvgIpc) is 2.35. The predicted molar refractivity (Wildman–Crippen MR) is 74.1 cm³/mol. The highest BCUT2D eigenvalue weighted by atomic mass is 35.5. The van der Waals surface area contributed by atoms with E-state index in [1.54, 1.807) is 0 Å². The maximum atomic E-state index is 11.8. The number of hydrogen-bond acceptors (Lipinski definition) is 4. The van der Waals surface area contributed by atoms with Gasteiger partial charge >= 0.3 is 0 Å². The monoisotopic (exact) mass is 326 g/mol. The van der Waals surface area contributed by atoms with Gasteiger partial charge in [0.1, 0.15) is 0 Å². The SMILES string of the molecule is CCS(=O)(=O)NCCNS(=O)(=O)c1ccc(Cl)cc1. The van der Waals surface area contributed by atoms with Gasteiger partial charge in [0.25, 0.3) is 0 Å². The zero-order valence-corrected chi connectivity index (χ0v) is 12.6. The molecule has 0 atom stereocenters. The minimum absolute atomic E-state index is 0.00297. The zero-order chi connectivity index (χ0) is 14.5. The quantitative estimate of drug-likeness (QED) is 0.716. The van der Waals surface area contributed by atoms with E-state index in [4.69, 9.17) is 11.6 Å². The molecule has 0 aromatic heterocycles. The number of nitrogens with one attached hydrogen (secondary N) is 2. The molecule has 19 heavy (non-hydrogen) atoms. The maximum absolute atomic E-state index is 11.8. The van der Waals surface area contributed by atoms with Crippen molar-refractivity contribution in [3.05, 3.63) is 29.3 Å². The highest BCUT2D eigenvalue weighted by molar-refractivity contribution is 7.89. The summed E-state index contributed by atoms with van der Waals surface area (Å²) in [5.74, 6) is -0.0447. The first-order chi connectivity index (χ1) is 8.77. The molecule has 1 rings (SSSR count). The Labute approximate surface area is 118 Å². The van der Waals surface area contributed by atoms with Gasteiger partial charge in [0.05, 0.1) is 10.6 Å². The van der Waals surface area contributed by atoms with Crippen LogP contribution in [-0.4, -0.2) is 35.7 Å². The second kappa shape index (κ2) is 6.67. The Morgan fingerprint density at radius 1 is 1.00 bits per heavy atom. The topological polar surface area (TPSA) is 92.3 Å². The Bertz CT molecular complexity index is 611. The molecule has 0 aliphatic carbocycles. The smallest absolute Gasteiger partial charge is 0.214 e. The lowest BCUT2D eigenvalue weighted by atomic mass is 10.4. The third-order valence-corrected chi connectivity index (χ3v) is 5.38. The zero-order valence-electron chi connectivity index (χ0n) is 10.3. The Morgan fingerprint density at radius 2 is 1.53 bits per heavy atom. The fourth-order valence-corrected chi connectivity index (χ4v) is 2.97. The third-order valence-electron chi connectivity index (χ3n) is 2.24. The van der Waals surface area contributed by atoms with Crippen LogP contribution in [0.25, 0.3) is 0 Å². The van der Waals surface area contributed by atoms with E-state index in [0.717, 1.165) is 0 Å². The van der Waals surface area contributed by atoms with Crippen LogP contribution in [0.1, 0.15) is 6.92 Å². The summed E-state index contributed by atoms with van der Waals surface area (Å²) in [6.45, 7) is 1.48. The summed E-state index contributed by atoms with van der Waals surface area (Å²) in [5, 5.41) is 0.439. The van der Waals surface area contributed by atoms with E-state index in [-0.39, 0.29) is 23.7 Å². The maximum Gasteiger partial charge on any atom is 0.240 e. The molecule has 0 bridgehead atoms. The van der Waals surface area contributed by atoms with Gasteiger partial charge < -0.3 is 0 Å². The second-order valence-corrected chi connectivity index (χ2v) is 7.95. The van der Waals surface area contributed by atoms with Gasteiger partial charge in [-0.15, -0.1) is 0 Å². The first kappa shape index (κ1) is 16.4. The molecule has 108 valence electrons. The fourth-order valence-electron chi connectivity index (χ4n) is 1.19. The van der Waals surface area contributed by atoms with Crippen LogP contribution in [0.4, 0.5) is 0 Å². The molecule has 1 aromatic carbocycles. The van der Waals surface area contributed by atoms with Crippen LogP contribution in [0, 0.1) is 0 Å². The molecule has 0 unspecified atom stereocenters. The van der Waals surface area contributed by atoms with Gasteiger partial charge in [0.15, 0.2) is 0 Å². The molecule has 0 aliphatic rings. The largest absolute Gasteiger partial charge is 0.240 e. The molecule has 1 aromatic rings. The third kappa shape index (κ3) is 5.45. The van der Waals surface area contributed by atoms with E-state index in [1.165, 1.54) is 31.2 Å². The summed E-state index contributed by atoms with van der Waals surface area (Å²) in [5.41, 5.74) is 0. The van der Waals surface area contributed by atoms with Crippen molar-refractivity contribution in [2.24, 2.45) is 0 Å². The molecule has 0 fully saturated rings. The first-order valence-corrected chi connectivity index (χ1v) is 9.01. The van der Waals surface area contributed by atoms with Crippen molar-refractivity contribution < 1.29 is 16.8 Å². The molecular formula is C10H15ClN2O4S2. The van der Waals surface area contributed by atoms with Gasteiger partial charge in [-0.25, -0.2) is 26.3 Å². The van der Waals surface area contributed by atoms with Crippen LogP contribution in [0.5, 0.6) is 0 Å². The van der Waals surface area contributed by atoms with Gasteiger partial charge in [0.2, 0.25) is 20.0 Å². The molecular weight excluding hydrogens is 312 g/mol. The molecule has 0 saturated carbocycles. The van der Waals surface area contributed by atoms with Crippen LogP contribution in [0.2, 0.25) is 5.02 Å². The van der Waals surface area contributed by atoms with Crippen molar-refractivity contribution in [1.29, 1.82) is 0 Å². The van der Waals surface area contributed by atoms with Crippen molar-refractivity contribution in [1.82, 2.24) is 9.44 Å². The highest BCUT2D eigenvalue weighted by Crippen LogP contribution is 2.13. The molecule has 0 aliphatic heterocycles. The van der Waals surface area contributed by atoms with E-state index in [0.29, 0.717) is 5.02 Å². The molecule has 0 saturated heterocycles. The lowest BCUT2D eigenvalue weighted by Crippen LogP contribution is -2.35. The summed E-state index contributed by atoms with van der Waals surface area (Å²) >= 11 is 5.66. The number of sulfonamides is 2. The van der Waals surface area contributed by atoms with Crippen LogP contribution in [0.15, 0.2) is 29.2 Å². The van der Waals surface area contributed by atoms with E-state index in [1.807, 2.05) is 0 Å². The van der Waals surface area contributed by atoms with Gasteiger partial charge in [0, 0.05) is 18.1 Å². The number of benzene rings is 1. The highest BCUT2D eigenvalue weighted by Gasteiger charge is 2.13. The van der Waals surface area contributed by atoms with Gasteiger partial charge in [-0.1, -0.05) is 11.6 Å². The van der Waals surface area contributed by atoms with Crippen molar-refractivity contribution in [2.75, 3.05) is 18.8 Å². The first-order valence-electron chi connectivity index (χ1n) is 5.49. The molecule has 0 spiro atoms. The summed E-state index contributed by atoms with van der Waals surface area (Å²) in [4.78, 5) is 0.0789. The minimum atomic E-state index is -3.64. The van der Waals surface area contributed by atoms with Crippen LogP contribution in [0.3, 0.4) is 0 Å². The summed E-state index contributed by atoms with van der Waals surface area (Å²) in [7, 11) is -6.95. The predicted octanol–water partition coefficient (Wildman–Crippen LogP) is 0.558. The van der Waals surface area contributed by atoms with Crippen molar-refractivity contribution in [3.8, 4) is 0 Å². The lowest BCUT2D eigenvalue weighted by molar-refractivity contribution is 0.571. The van der Waals surface area contributed by atoms with Crippen LogP contribution < -0.4 is 9.44 Å². The average molecular weight is 327 g/mol. The number of halogens is 1. The van der Waals surface area contributed by atoms with Crippen molar-refractivity contribution in [3.63, 3.8) is 0 Å².